The summed E-state index contributed by atoms with van der Waals surface area (Å²) in [5.41, 5.74) is 4.35. The zero-order chi connectivity index (χ0) is 14.5. The Kier molecular flexibility index (Phi) is 5.12. The summed E-state index contributed by atoms with van der Waals surface area (Å²) in [6.07, 6.45) is 2.38. The third-order valence-corrected chi connectivity index (χ3v) is 4.09. The van der Waals surface area contributed by atoms with E-state index in [0.717, 1.165) is 34.3 Å². The lowest BCUT2D eigenvalue weighted by Crippen LogP contribution is -2.00. The van der Waals surface area contributed by atoms with Crippen LogP contribution in [0.5, 0.6) is 0 Å². The van der Waals surface area contributed by atoms with Gasteiger partial charge < -0.3 is 5.32 Å². The van der Waals surface area contributed by atoms with Crippen LogP contribution in [0.2, 0.25) is 0 Å². The number of hydrogen-bond acceptors (Lipinski definition) is 4. The number of pyridine rings is 1. The maximum atomic E-state index is 4.68. The highest BCUT2D eigenvalue weighted by Gasteiger charge is 2.10. The van der Waals surface area contributed by atoms with Gasteiger partial charge in [0.15, 0.2) is 5.13 Å². The van der Waals surface area contributed by atoms with Crippen LogP contribution in [0.4, 0.5) is 5.13 Å². The Labute approximate surface area is 125 Å². The van der Waals surface area contributed by atoms with Gasteiger partial charge in [-0.3, -0.25) is 4.98 Å². The average molecular weight is 289 g/mol. The molecule has 0 saturated carbocycles. The summed E-state index contributed by atoms with van der Waals surface area (Å²) in [6.45, 7) is 9.58. The molecule has 0 fully saturated rings. The number of aryl methyl sites for hydroxylation is 1. The lowest BCUT2D eigenvalue weighted by molar-refractivity contribution is 0.816. The van der Waals surface area contributed by atoms with E-state index < -0.39 is 0 Å². The molecule has 108 valence electrons. The van der Waals surface area contributed by atoms with E-state index in [0.29, 0.717) is 5.92 Å². The lowest BCUT2D eigenvalue weighted by Gasteiger charge is -2.08. The summed E-state index contributed by atoms with van der Waals surface area (Å²) in [5, 5.41) is 6.48. The summed E-state index contributed by atoms with van der Waals surface area (Å²) in [6, 6.07) is 4.25. The largest absolute Gasteiger partial charge is 0.362 e. The molecule has 0 atom stereocenters. The third-order valence-electron chi connectivity index (χ3n) is 3.29. The van der Waals surface area contributed by atoms with Crippen LogP contribution in [-0.4, -0.2) is 16.5 Å². The van der Waals surface area contributed by atoms with Gasteiger partial charge >= 0.3 is 0 Å². The van der Waals surface area contributed by atoms with Crippen LogP contribution in [0, 0.1) is 6.92 Å². The average Bonchev–Trinajstić information content (AvgIpc) is 2.87. The van der Waals surface area contributed by atoms with Crippen LogP contribution in [0.3, 0.4) is 0 Å². The first-order valence-electron chi connectivity index (χ1n) is 7.29. The minimum absolute atomic E-state index is 0.462. The highest BCUT2D eigenvalue weighted by molar-refractivity contribution is 7.14. The minimum Gasteiger partial charge on any atom is -0.362 e. The number of thiazole rings is 1. The summed E-state index contributed by atoms with van der Waals surface area (Å²) in [7, 11) is 0. The van der Waals surface area contributed by atoms with Gasteiger partial charge in [0.2, 0.25) is 0 Å². The Morgan fingerprint density at radius 1 is 1.25 bits per heavy atom. The standard InChI is InChI=1S/C16H23N3S/c1-5-6-9-17-16-19-15(10-20-16)13-7-8-14(11(2)3)18-12(13)4/h7-8,10-11H,5-6,9H2,1-4H3,(H,17,19). The predicted molar refractivity (Wildman–Crippen MR) is 87.6 cm³/mol. The Morgan fingerprint density at radius 3 is 2.70 bits per heavy atom. The maximum absolute atomic E-state index is 4.68. The topological polar surface area (TPSA) is 37.8 Å². The number of rotatable bonds is 6. The highest BCUT2D eigenvalue weighted by atomic mass is 32.1. The van der Waals surface area contributed by atoms with Crippen molar-refractivity contribution < 1.29 is 0 Å². The molecule has 1 N–H and O–H groups in total. The fraction of sp³-hybridized carbons (Fsp3) is 0.500. The van der Waals surface area contributed by atoms with Crippen LogP contribution in [0.25, 0.3) is 11.3 Å². The number of hydrogen-bond donors (Lipinski definition) is 1. The number of aromatic nitrogens is 2. The van der Waals surface area contributed by atoms with Crippen molar-refractivity contribution in [1.29, 1.82) is 0 Å². The van der Waals surface area contributed by atoms with E-state index in [4.69, 9.17) is 0 Å². The van der Waals surface area contributed by atoms with Crippen molar-refractivity contribution in [3.63, 3.8) is 0 Å². The van der Waals surface area contributed by atoms with Crippen molar-refractivity contribution in [3.8, 4) is 11.3 Å². The van der Waals surface area contributed by atoms with E-state index in [-0.39, 0.29) is 0 Å². The molecule has 0 spiro atoms. The molecule has 0 amide bonds. The Bertz CT molecular complexity index is 561. The van der Waals surface area contributed by atoms with Crippen molar-refractivity contribution in [2.45, 2.75) is 46.5 Å². The molecule has 0 saturated heterocycles. The molecule has 0 aliphatic carbocycles. The number of anilines is 1. The summed E-state index contributed by atoms with van der Waals surface area (Å²) >= 11 is 1.66. The van der Waals surface area contributed by atoms with E-state index >= 15 is 0 Å². The second-order valence-corrected chi connectivity index (χ2v) is 6.20. The molecule has 4 heteroatoms. The Morgan fingerprint density at radius 2 is 2.05 bits per heavy atom. The number of unbranched alkanes of at least 4 members (excludes halogenated alkanes) is 1. The van der Waals surface area contributed by atoms with Gasteiger partial charge in [0, 0.05) is 28.9 Å². The minimum atomic E-state index is 0.462. The molecule has 2 heterocycles. The van der Waals surface area contributed by atoms with Crippen LogP contribution < -0.4 is 5.32 Å². The molecular weight excluding hydrogens is 266 g/mol. The van der Waals surface area contributed by atoms with Crippen molar-refractivity contribution in [2.24, 2.45) is 0 Å². The zero-order valence-corrected chi connectivity index (χ0v) is 13.5. The second kappa shape index (κ2) is 6.84. The first kappa shape index (κ1) is 15.0. The van der Waals surface area contributed by atoms with Gasteiger partial charge in [0.05, 0.1) is 5.69 Å². The smallest absolute Gasteiger partial charge is 0.183 e. The third kappa shape index (κ3) is 3.57. The van der Waals surface area contributed by atoms with E-state index in [1.807, 2.05) is 0 Å². The normalized spacial score (nSPS) is 11.1. The molecule has 2 aromatic heterocycles. The van der Waals surface area contributed by atoms with Crippen LogP contribution >= 0.6 is 11.3 Å². The van der Waals surface area contributed by atoms with E-state index in [1.54, 1.807) is 11.3 Å². The molecule has 2 rings (SSSR count). The summed E-state index contributed by atoms with van der Waals surface area (Å²) in [5.74, 6) is 0.462. The Balaban J connectivity index is 2.15. The SMILES string of the molecule is CCCCNc1nc(-c2ccc(C(C)C)nc2C)cs1. The van der Waals surface area contributed by atoms with Crippen LogP contribution in [0.1, 0.15) is 50.9 Å². The van der Waals surface area contributed by atoms with Gasteiger partial charge in [-0.25, -0.2) is 4.98 Å². The number of nitrogens with one attached hydrogen (secondary N) is 1. The van der Waals surface area contributed by atoms with Gasteiger partial charge in [-0.1, -0.05) is 27.2 Å². The highest BCUT2D eigenvalue weighted by Crippen LogP contribution is 2.27. The van der Waals surface area contributed by atoms with Gasteiger partial charge in [0.25, 0.3) is 0 Å². The van der Waals surface area contributed by atoms with E-state index in [1.165, 1.54) is 12.8 Å². The van der Waals surface area contributed by atoms with Gasteiger partial charge in [-0.15, -0.1) is 11.3 Å². The molecule has 0 bridgehead atoms. The van der Waals surface area contributed by atoms with E-state index in [2.05, 4.69) is 60.5 Å². The first-order chi connectivity index (χ1) is 9.61. The maximum Gasteiger partial charge on any atom is 0.183 e. The molecular formula is C16H23N3S. The molecule has 3 nitrogen and oxygen atoms in total. The van der Waals surface area contributed by atoms with Crippen molar-refractivity contribution in [1.82, 2.24) is 9.97 Å². The second-order valence-electron chi connectivity index (χ2n) is 5.34. The monoisotopic (exact) mass is 289 g/mol. The first-order valence-corrected chi connectivity index (χ1v) is 8.17. The molecule has 0 aliphatic rings. The van der Waals surface area contributed by atoms with Crippen molar-refractivity contribution in [2.75, 3.05) is 11.9 Å². The molecule has 0 aromatic carbocycles. The Hall–Kier alpha value is -1.42. The number of nitrogens with zero attached hydrogens (tertiary/aromatic N) is 2. The van der Waals surface area contributed by atoms with Gasteiger partial charge in [-0.05, 0) is 31.4 Å². The molecule has 0 unspecified atom stereocenters. The quantitative estimate of drug-likeness (QED) is 0.772. The fourth-order valence-corrected chi connectivity index (χ4v) is 2.76. The molecule has 0 aliphatic heterocycles. The summed E-state index contributed by atoms with van der Waals surface area (Å²) < 4.78 is 0. The predicted octanol–water partition coefficient (Wildman–Crippen LogP) is 4.85. The van der Waals surface area contributed by atoms with E-state index in [9.17, 15) is 0 Å². The molecule has 2 aromatic rings. The lowest BCUT2D eigenvalue weighted by atomic mass is 10.1. The van der Waals surface area contributed by atoms with Crippen molar-refractivity contribution >= 4 is 16.5 Å². The van der Waals surface area contributed by atoms with Crippen LogP contribution in [0.15, 0.2) is 17.5 Å². The van der Waals surface area contributed by atoms with Crippen molar-refractivity contribution in [3.05, 3.63) is 28.9 Å². The van der Waals surface area contributed by atoms with Gasteiger partial charge in [0.1, 0.15) is 0 Å². The molecule has 0 radical (unpaired) electrons. The fourth-order valence-electron chi connectivity index (χ4n) is 2.02. The van der Waals surface area contributed by atoms with Crippen LogP contribution in [-0.2, 0) is 0 Å². The zero-order valence-electron chi connectivity index (χ0n) is 12.7. The molecule has 20 heavy (non-hydrogen) atoms. The van der Waals surface area contributed by atoms with Gasteiger partial charge in [-0.2, -0.15) is 0 Å². The summed E-state index contributed by atoms with van der Waals surface area (Å²) in [4.78, 5) is 9.33.